The van der Waals surface area contributed by atoms with E-state index < -0.39 is 6.09 Å². The molecule has 8 nitrogen and oxygen atoms in total. The van der Waals surface area contributed by atoms with Crippen LogP contribution < -0.4 is 0 Å². The molecule has 3 aromatic rings. The Kier molecular flexibility index (Phi) is 4.77. The molecule has 0 radical (unpaired) electrons. The van der Waals surface area contributed by atoms with Crippen molar-refractivity contribution in [2.24, 2.45) is 0 Å². The standard InChI is InChI=1S/C24H21N3O5/c1-2-32-24(31)26-13-11-25(12-14-26)23(30)18-17-9-5-6-10-27(17)20-19(18)21(28)15-7-3-4-8-16(15)22(20)29/h3-10H,2,11-14H2,1H3. The summed E-state index contributed by atoms with van der Waals surface area (Å²) in [6.45, 7) is 3.35. The number of pyridine rings is 1. The molecule has 0 saturated carbocycles. The summed E-state index contributed by atoms with van der Waals surface area (Å²) in [6, 6.07) is 12.0. The summed E-state index contributed by atoms with van der Waals surface area (Å²) in [5, 5.41) is 0. The first-order valence-corrected chi connectivity index (χ1v) is 10.5. The Bertz CT molecular complexity index is 1280. The lowest BCUT2D eigenvalue weighted by Crippen LogP contribution is -2.51. The zero-order chi connectivity index (χ0) is 22.4. The van der Waals surface area contributed by atoms with Crippen LogP contribution in [0.15, 0.2) is 48.7 Å². The van der Waals surface area contributed by atoms with Crippen molar-refractivity contribution in [3.05, 3.63) is 76.6 Å². The summed E-state index contributed by atoms with van der Waals surface area (Å²) in [6.07, 6.45) is 1.30. The first-order valence-electron chi connectivity index (χ1n) is 10.5. The maximum absolute atomic E-state index is 13.6. The summed E-state index contributed by atoms with van der Waals surface area (Å²) in [5.74, 6) is -0.922. The molecule has 1 aromatic carbocycles. The van der Waals surface area contributed by atoms with Crippen molar-refractivity contribution in [1.82, 2.24) is 14.2 Å². The van der Waals surface area contributed by atoms with Crippen LogP contribution in [0.3, 0.4) is 0 Å². The van der Waals surface area contributed by atoms with Gasteiger partial charge in [0.25, 0.3) is 5.91 Å². The summed E-state index contributed by atoms with van der Waals surface area (Å²) in [7, 11) is 0. The van der Waals surface area contributed by atoms with Crippen LogP contribution in [-0.2, 0) is 4.74 Å². The third kappa shape index (κ3) is 2.90. The second kappa shape index (κ2) is 7.64. The Balaban J connectivity index is 1.56. The van der Waals surface area contributed by atoms with Crippen molar-refractivity contribution in [2.45, 2.75) is 6.92 Å². The van der Waals surface area contributed by atoms with Gasteiger partial charge in [-0.1, -0.05) is 30.3 Å². The lowest BCUT2D eigenvalue weighted by Gasteiger charge is -2.34. The van der Waals surface area contributed by atoms with Crippen molar-refractivity contribution in [3.8, 4) is 0 Å². The first kappa shape index (κ1) is 20.0. The molecule has 1 saturated heterocycles. The van der Waals surface area contributed by atoms with E-state index in [-0.39, 0.29) is 34.3 Å². The fraction of sp³-hybridized carbons (Fsp3) is 0.250. The molecule has 1 aliphatic heterocycles. The van der Waals surface area contributed by atoms with Crippen LogP contribution in [0.2, 0.25) is 0 Å². The Labute approximate surface area is 184 Å². The average Bonchev–Trinajstić information content (AvgIpc) is 3.18. The molecule has 0 unspecified atom stereocenters. The monoisotopic (exact) mass is 431 g/mol. The Hall–Kier alpha value is -3.94. The van der Waals surface area contributed by atoms with E-state index in [1.165, 1.54) is 0 Å². The lowest BCUT2D eigenvalue weighted by molar-refractivity contribution is 0.0570. The second-order valence-electron chi connectivity index (χ2n) is 7.74. The lowest BCUT2D eigenvalue weighted by atomic mass is 9.86. The van der Waals surface area contributed by atoms with Gasteiger partial charge in [-0.2, -0.15) is 0 Å². The molecule has 0 atom stereocenters. The highest BCUT2D eigenvalue weighted by molar-refractivity contribution is 6.32. The number of ketones is 2. The van der Waals surface area contributed by atoms with Crippen LogP contribution in [-0.4, -0.2) is 70.6 Å². The van der Waals surface area contributed by atoms with E-state index in [9.17, 15) is 19.2 Å². The number of hydrogen-bond acceptors (Lipinski definition) is 5. The third-order valence-electron chi connectivity index (χ3n) is 6.01. The number of carbonyl (C=O) groups is 4. The molecule has 0 N–H and O–H groups in total. The van der Waals surface area contributed by atoms with Crippen molar-refractivity contribution in [1.29, 1.82) is 0 Å². The number of nitrogens with zero attached hydrogens (tertiary/aromatic N) is 3. The van der Waals surface area contributed by atoms with Gasteiger partial charge in [0, 0.05) is 43.5 Å². The normalized spacial score (nSPS) is 15.5. The van der Waals surface area contributed by atoms with Gasteiger partial charge in [0.05, 0.1) is 23.3 Å². The number of carbonyl (C=O) groups excluding carboxylic acids is 4. The molecule has 0 spiro atoms. The molecular weight excluding hydrogens is 410 g/mol. The Morgan fingerprint density at radius 2 is 1.50 bits per heavy atom. The summed E-state index contributed by atoms with van der Waals surface area (Å²) in [4.78, 5) is 55.5. The van der Waals surface area contributed by atoms with Crippen LogP contribution >= 0.6 is 0 Å². The predicted octanol–water partition coefficient (Wildman–Crippen LogP) is 2.63. The van der Waals surface area contributed by atoms with E-state index in [0.717, 1.165) is 0 Å². The van der Waals surface area contributed by atoms with Gasteiger partial charge in [0.2, 0.25) is 5.78 Å². The van der Waals surface area contributed by atoms with Gasteiger partial charge in [-0.25, -0.2) is 4.79 Å². The number of fused-ring (bicyclic) bond motifs is 4. The minimum atomic E-state index is -0.399. The van der Waals surface area contributed by atoms with Crippen molar-refractivity contribution in [2.75, 3.05) is 32.8 Å². The molecule has 5 rings (SSSR count). The highest BCUT2D eigenvalue weighted by atomic mass is 16.6. The second-order valence-corrected chi connectivity index (χ2v) is 7.74. The molecule has 3 heterocycles. The van der Waals surface area contributed by atoms with Crippen molar-refractivity contribution in [3.63, 3.8) is 0 Å². The summed E-state index contributed by atoms with van der Waals surface area (Å²) in [5.41, 5.74) is 1.77. The Morgan fingerprint density at radius 1 is 0.875 bits per heavy atom. The minimum Gasteiger partial charge on any atom is -0.450 e. The van der Waals surface area contributed by atoms with Gasteiger partial charge in [-0.15, -0.1) is 0 Å². The molecule has 2 aliphatic rings. The van der Waals surface area contributed by atoms with Crippen molar-refractivity contribution >= 4 is 29.1 Å². The number of aromatic nitrogens is 1. The minimum absolute atomic E-state index is 0.151. The van der Waals surface area contributed by atoms with Gasteiger partial charge >= 0.3 is 6.09 Å². The van der Waals surface area contributed by atoms with Gasteiger partial charge < -0.3 is 18.9 Å². The number of benzene rings is 1. The molecule has 162 valence electrons. The zero-order valence-corrected chi connectivity index (χ0v) is 17.5. The van der Waals surface area contributed by atoms with Crippen LogP contribution in [0.25, 0.3) is 5.52 Å². The topological polar surface area (TPSA) is 88.4 Å². The predicted molar refractivity (Wildman–Crippen MR) is 115 cm³/mol. The SMILES string of the molecule is CCOC(=O)N1CCN(C(=O)c2c3c(n4ccccc24)C(=O)c2ccccc2C3=O)CC1. The van der Waals surface area contributed by atoms with E-state index >= 15 is 0 Å². The summed E-state index contributed by atoms with van der Waals surface area (Å²) < 4.78 is 6.67. The van der Waals surface area contributed by atoms with E-state index in [4.69, 9.17) is 4.74 Å². The van der Waals surface area contributed by atoms with Crippen LogP contribution in [0.4, 0.5) is 4.79 Å². The maximum Gasteiger partial charge on any atom is 0.409 e. The number of piperazine rings is 1. The quantitative estimate of drug-likeness (QED) is 0.487. The number of ether oxygens (including phenoxy) is 1. The zero-order valence-electron chi connectivity index (χ0n) is 17.5. The molecule has 32 heavy (non-hydrogen) atoms. The molecule has 2 aromatic heterocycles. The van der Waals surface area contributed by atoms with Crippen LogP contribution in [0, 0.1) is 0 Å². The summed E-state index contributed by atoms with van der Waals surface area (Å²) >= 11 is 0. The van der Waals surface area contributed by atoms with E-state index in [2.05, 4.69) is 0 Å². The number of amides is 2. The van der Waals surface area contributed by atoms with E-state index in [0.29, 0.717) is 49.4 Å². The largest absolute Gasteiger partial charge is 0.450 e. The smallest absolute Gasteiger partial charge is 0.409 e. The first-order chi connectivity index (χ1) is 15.5. The van der Waals surface area contributed by atoms with Gasteiger partial charge in [0.15, 0.2) is 5.78 Å². The average molecular weight is 431 g/mol. The van der Waals surface area contributed by atoms with Crippen LogP contribution in [0.1, 0.15) is 49.3 Å². The van der Waals surface area contributed by atoms with Gasteiger partial charge in [-0.3, -0.25) is 14.4 Å². The fourth-order valence-electron chi connectivity index (χ4n) is 4.48. The van der Waals surface area contributed by atoms with Crippen LogP contribution in [0.5, 0.6) is 0 Å². The molecule has 1 fully saturated rings. The van der Waals surface area contributed by atoms with Crippen molar-refractivity contribution < 1.29 is 23.9 Å². The number of rotatable bonds is 2. The number of hydrogen-bond donors (Lipinski definition) is 0. The highest BCUT2D eigenvalue weighted by Crippen LogP contribution is 2.34. The van der Waals surface area contributed by atoms with Gasteiger partial charge in [0.1, 0.15) is 5.69 Å². The van der Waals surface area contributed by atoms with E-state index in [1.54, 1.807) is 69.8 Å². The molecule has 0 bridgehead atoms. The highest BCUT2D eigenvalue weighted by Gasteiger charge is 2.39. The van der Waals surface area contributed by atoms with E-state index in [1.807, 2.05) is 0 Å². The molecule has 8 heteroatoms. The Morgan fingerprint density at radius 3 is 2.19 bits per heavy atom. The molecule has 2 amide bonds. The molecular formula is C24H21N3O5. The van der Waals surface area contributed by atoms with Gasteiger partial charge in [-0.05, 0) is 19.1 Å². The fourth-order valence-corrected chi connectivity index (χ4v) is 4.48. The maximum atomic E-state index is 13.6. The molecule has 1 aliphatic carbocycles. The third-order valence-corrected chi connectivity index (χ3v) is 6.01.